The monoisotopic (exact) mass is 332 g/mol. The molecule has 0 aliphatic heterocycles. The SMILES string of the molecule is CC(=O)c1cccc(NC(=O)c2cc(Nc3ccccc3)ncn2)c1. The third-order valence-electron chi connectivity index (χ3n) is 3.47. The number of nitrogens with zero attached hydrogens (tertiary/aromatic N) is 2. The number of hydrogen-bond donors (Lipinski definition) is 2. The molecule has 1 aromatic heterocycles. The standard InChI is InChI=1S/C19H16N4O2/c1-13(24)14-6-5-9-16(10-14)23-19(25)17-11-18(21-12-20-17)22-15-7-3-2-4-8-15/h2-12H,1H3,(H,23,25)(H,20,21,22). The van der Waals surface area contributed by atoms with Crippen LogP contribution in [0.25, 0.3) is 0 Å². The molecule has 0 atom stereocenters. The van der Waals surface area contributed by atoms with Gasteiger partial charge >= 0.3 is 0 Å². The predicted octanol–water partition coefficient (Wildman–Crippen LogP) is 3.68. The molecule has 2 N–H and O–H groups in total. The van der Waals surface area contributed by atoms with Crippen LogP contribution < -0.4 is 10.6 Å². The van der Waals surface area contributed by atoms with E-state index in [1.807, 2.05) is 30.3 Å². The number of nitrogens with one attached hydrogen (secondary N) is 2. The first kappa shape index (κ1) is 16.3. The van der Waals surface area contributed by atoms with E-state index < -0.39 is 0 Å². The van der Waals surface area contributed by atoms with Crippen LogP contribution in [0.5, 0.6) is 0 Å². The second-order valence-corrected chi connectivity index (χ2v) is 5.37. The zero-order valence-corrected chi connectivity index (χ0v) is 13.6. The van der Waals surface area contributed by atoms with E-state index in [-0.39, 0.29) is 17.4 Å². The quantitative estimate of drug-likeness (QED) is 0.696. The molecular formula is C19H16N4O2. The van der Waals surface area contributed by atoms with Gasteiger partial charge in [0.15, 0.2) is 5.78 Å². The van der Waals surface area contributed by atoms with Crippen molar-refractivity contribution in [3.05, 3.63) is 78.2 Å². The van der Waals surface area contributed by atoms with Gasteiger partial charge in [-0.2, -0.15) is 0 Å². The smallest absolute Gasteiger partial charge is 0.274 e. The minimum absolute atomic E-state index is 0.0625. The molecule has 0 saturated heterocycles. The lowest BCUT2D eigenvalue weighted by Gasteiger charge is -2.08. The molecule has 0 bridgehead atoms. The maximum atomic E-state index is 12.4. The van der Waals surface area contributed by atoms with E-state index in [2.05, 4.69) is 20.6 Å². The van der Waals surface area contributed by atoms with E-state index in [0.717, 1.165) is 5.69 Å². The van der Waals surface area contributed by atoms with Crippen molar-refractivity contribution in [1.82, 2.24) is 9.97 Å². The second-order valence-electron chi connectivity index (χ2n) is 5.37. The predicted molar refractivity (Wildman–Crippen MR) is 96.2 cm³/mol. The molecule has 0 unspecified atom stereocenters. The highest BCUT2D eigenvalue weighted by Gasteiger charge is 2.10. The third kappa shape index (κ3) is 4.26. The van der Waals surface area contributed by atoms with Crippen LogP contribution in [0.4, 0.5) is 17.2 Å². The van der Waals surface area contributed by atoms with Gasteiger partial charge in [-0.05, 0) is 31.2 Å². The molecule has 3 aromatic rings. The summed E-state index contributed by atoms with van der Waals surface area (Å²) in [6, 6.07) is 17.8. The fourth-order valence-corrected chi connectivity index (χ4v) is 2.23. The maximum Gasteiger partial charge on any atom is 0.274 e. The molecular weight excluding hydrogens is 316 g/mol. The number of benzene rings is 2. The van der Waals surface area contributed by atoms with Gasteiger partial charge in [-0.15, -0.1) is 0 Å². The lowest BCUT2D eigenvalue weighted by Crippen LogP contribution is -2.14. The molecule has 124 valence electrons. The Hall–Kier alpha value is -3.54. The molecule has 1 amide bonds. The first-order valence-electron chi connectivity index (χ1n) is 7.68. The Bertz CT molecular complexity index is 910. The molecule has 0 saturated carbocycles. The van der Waals surface area contributed by atoms with Gasteiger partial charge in [-0.25, -0.2) is 9.97 Å². The summed E-state index contributed by atoms with van der Waals surface area (Å²) in [5.41, 5.74) is 2.16. The highest BCUT2D eigenvalue weighted by atomic mass is 16.2. The Morgan fingerprint density at radius 1 is 0.880 bits per heavy atom. The largest absolute Gasteiger partial charge is 0.340 e. The summed E-state index contributed by atoms with van der Waals surface area (Å²) in [5.74, 6) is 0.0792. The van der Waals surface area contributed by atoms with Gasteiger partial charge in [0, 0.05) is 23.0 Å². The van der Waals surface area contributed by atoms with Crippen LogP contribution in [0.3, 0.4) is 0 Å². The molecule has 25 heavy (non-hydrogen) atoms. The van der Waals surface area contributed by atoms with Crippen LogP contribution in [-0.2, 0) is 0 Å². The average molecular weight is 332 g/mol. The van der Waals surface area contributed by atoms with Crippen LogP contribution in [0.1, 0.15) is 27.8 Å². The average Bonchev–Trinajstić information content (AvgIpc) is 2.63. The van der Waals surface area contributed by atoms with Crippen molar-refractivity contribution < 1.29 is 9.59 Å². The Morgan fingerprint density at radius 2 is 1.64 bits per heavy atom. The Kier molecular flexibility index (Phi) is 4.80. The molecule has 0 spiro atoms. The van der Waals surface area contributed by atoms with Crippen LogP contribution in [0.15, 0.2) is 67.0 Å². The van der Waals surface area contributed by atoms with Crippen LogP contribution >= 0.6 is 0 Å². The number of anilines is 3. The van der Waals surface area contributed by atoms with E-state index in [9.17, 15) is 9.59 Å². The van der Waals surface area contributed by atoms with Gasteiger partial charge in [0.2, 0.25) is 0 Å². The molecule has 2 aromatic carbocycles. The summed E-state index contributed by atoms with van der Waals surface area (Å²) in [4.78, 5) is 31.9. The highest BCUT2D eigenvalue weighted by Crippen LogP contribution is 2.16. The number of aromatic nitrogens is 2. The van der Waals surface area contributed by atoms with E-state index in [4.69, 9.17) is 0 Å². The molecule has 1 heterocycles. The summed E-state index contributed by atoms with van der Waals surface area (Å²) in [6.45, 7) is 1.48. The lowest BCUT2D eigenvalue weighted by molar-refractivity contribution is 0.100. The van der Waals surface area contributed by atoms with E-state index >= 15 is 0 Å². The van der Waals surface area contributed by atoms with Crippen molar-refractivity contribution in [2.45, 2.75) is 6.92 Å². The van der Waals surface area contributed by atoms with Crippen LogP contribution in [-0.4, -0.2) is 21.7 Å². The van der Waals surface area contributed by atoms with E-state index in [1.165, 1.54) is 13.3 Å². The number of para-hydroxylation sites is 1. The highest BCUT2D eigenvalue weighted by molar-refractivity contribution is 6.04. The van der Waals surface area contributed by atoms with Crippen molar-refractivity contribution in [2.24, 2.45) is 0 Å². The summed E-state index contributed by atoms with van der Waals surface area (Å²) < 4.78 is 0. The molecule has 0 aliphatic carbocycles. The van der Waals surface area contributed by atoms with E-state index in [0.29, 0.717) is 17.1 Å². The van der Waals surface area contributed by atoms with Crippen molar-refractivity contribution in [1.29, 1.82) is 0 Å². The summed E-state index contributed by atoms with van der Waals surface area (Å²) in [7, 11) is 0. The van der Waals surface area contributed by atoms with Gasteiger partial charge in [-0.1, -0.05) is 30.3 Å². The fraction of sp³-hybridized carbons (Fsp3) is 0.0526. The van der Waals surface area contributed by atoms with Crippen molar-refractivity contribution in [3.63, 3.8) is 0 Å². The van der Waals surface area contributed by atoms with Crippen molar-refractivity contribution in [3.8, 4) is 0 Å². The molecule has 0 radical (unpaired) electrons. The normalized spacial score (nSPS) is 10.1. The van der Waals surface area contributed by atoms with Gasteiger partial charge in [0.05, 0.1) is 0 Å². The Labute approximate surface area is 145 Å². The molecule has 6 heteroatoms. The number of ketones is 1. The summed E-state index contributed by atoms with van der Waals surface area (Å²) in [6.07, 6.45) is 1.33. The third-order valence-corrected chi connectivity index (χ3v) is 3.47. The van der Waals surface area contributed by atoms with Crippen molar-refractivity contribution >= 4 is 28.9 Å². The fourth-order valence-electron chi connectivity index (χ4n) is 2.23. The van der Waals surface area contributed by atoms with Gasteiger partial charge < -0.3 is 10.6 Å². The molecule has 0 aliphatic rings. The molecule has 0 fully saturated rings. The van der Waals surface area contributed by atoms with Crippen LogP contribution in [0, 0.1) is 0 Å². The number of amides is 1. The molecule has 3 rings (SSSR count). The Balaban J connectivity index is 1.75. The van der Waals surface area contributed by atoms with Gasteiger partial charge in [0.25, 0.3) is 5.91 Å². The maximum absolute atomic E-state index is 12.4. The zero-order valence-electron chi connectivity index (χ0n) is 13.6. The topological polar surface area (TPSA) is 84.0 Å². The van der Waals surface area contributed by atoms with E-state index in [1.54, 1.807) is 30.3 Å². The number of carbonyl (C=O) groups excluding carboxylic acids is 2. The lowest BCUT2D eigenvalue weighted by atomic mass is 10.1. The minimum Gasteiger partial charge on any atom is -0.340 e. The zero-order chi connectivity index (χ0) is 17.6. The summed E-state index contributed by atoms with van der Waals surface area (Å²) in [5, 5.41) is 5.85. The van der Waals surface area contributed by atoms with Gasteiger partial charge in [-0.3, -0.25) is 9.59 Å². The van der Waals surface area contributed by atoms with Gasteiger partial charge in [0.1, 0.15) is 17.8 Å². The first-order valence-corrected chi connectivity index (χ1v) is 7.68. The molecule has 6 nitrogen and oxygen atoms in total. The van der Waals surface area contributed by atoms with Crippen molar-refractivity contribution in [2.75, 3.05) is 10.6 Å². The second kappa shape index (κ2) is 7.35. The first-order chi connectivity index (χ1) is 12.1. The number of carbonyl (C=O) groups is 2. The minimum atomic E-state index is -0.376. The number of hydrogen-bond acceptors (Lipinski definition) is 5. The Morgan fingerprint density at radius 3 is 2.40 bits per heavy atom. The van der Waals surface area contributed by atoms with Crippen LogP contribution in [0.2, 0.25) is 0 Å². The number of Topliss-reactive ketones (excluding diaryl/α,β-unsaturated/α-hetero) is 1. The summed E-state index contributed by atoms with van der Waals surface area (Å²) >= 11 is 0. The number of rotatable bonds is 5.